The molecule has 0 unspecified atom stereocenters. The van der Waals surface area contributed by atoms with Crippen LogP contribution in [-0.2, 0) is 6.54 Å². The first-order valence-corrected chi connectivity index (χ1v) is 7.75. The van der Waals surface area contributed by atoms with Gasteiger partial charge in [0.1, 0.15) is 11.5 Å². The van der Waals surface area contributed by atoms with Crippen LogP contribution in [-0.4, -0.2) is 16.1 Å². The maximum absolute atomic E-state index is 12.9. The van der Waals surface area contributed by atoms with Crippen molar-refractivity contribution in [3.63, 3.8) is 0 Å². The van der Waals surface area contributed by atoms with Crippen molar-refractivity contribution in [3.8, 4) is 11.3 Å². The molecule has 3 rings (SSSR count). The summed E-state index contributed by atoms with van der Waals surface area (Å²) in [6.45, 7) is 0.428. The number of nitrogens with one attached hydrogen (secondary N) is 2. The lowest BCUT2D eigenvalue weighted by atomic mass is 10.1. The van der Waals surface area contributed by atoms with Crippen LogP contribution in [0.5, 0.6) is 0 Å². The van der Waals surface area contributed by atoms with E-state index < -0.39 is 0 Å². The number of aromatic nitrogens is 2. The molecule has 1 aromatic heterocycles. The van der Waals surface area contributed by atoms with E-state index in [0.29, 0.717) is 17.9 Å². The Morgan fingerprint density at radius 3 is 2.52 bits per heavy atom. The van der Waals surface area contributed by atoms with Gasteiger partial charge in [0.25, 0.3) is 5.91 Å². The number of rotatable bonds is 4. The van der Waals surface area contributed by atoms with Crippen molar-refractivity contribution in [1.29, 1.82) is 0 Å². The van der Waals surface area contributed by atoms with Crippen LogP contribution >= 0.6 is 15.9 Å². The molecule has 2 aromatic carbocycles. The third-order valence-corrected chi connectivity index (χ3v) is 3.86. The molecule has 1 heterocycles. The molecule has 0 radical (unpaired) electrons. The SMILES string of the molecule is O=C(NCc1ccc(Br)cc1)c1cc(-c2ccc(F)cc2)n[nH]1. The largest absolute Gasteiger partial charge is 0.347 e. The van der Waals surface area contributed by atoms with E-state index in [0.717, 1.165) is 15.6 Å². The van der Waals surface area contributed by atoms with Crippen molar-refractivity contribution >= 4 is 21.8 Å². The summed E-state index contributed by atoms with van der Waals surface area (Å²) in [5.74, 6) is -0.550. The zero-order valence-corrected chi connectivity index (χ0v) is 13.6. The first-order chi connectivity index (χ1) is 11.1. The fourth-order valence-corrected chi connectivity index (χ4v) is 2.35. The van der Waals surface area contributed by atoms with Crippen LogP contribution in [0.4, 0.5) is 4.39 Å². The Labute approximate surface area is 140 Å². The molecule has 0 aliphatic rings. The summed E-state index contributed by atoms with van der Waals surface area (Å²) < 4.78 is 13.9. The molecule has 0 spiro atoms. The van der Waals surface area contributed by atoms with E-state index in [4.69, 9.17) is 0 Å². The second-order valence-corrected chi connectivity index (χ2v) is 5.90. The van der Waals surface area contributed by atoms with Gasteiger partial charge in [-0.3, -0.25) is 9.89 Å². The van der Waals surface area contributed by atoms with E-state index in [-0.39, 0.29) is 11.7 Å². The smallest absolute Gasteiger partial charge is 0.269 e. The van der Waals surface area contributed by atoms with Crippen LogP contribution < -0.4 is 5.32 Å². The van der Waals surface area contributed by atoms with E-state index in [9.17, 15) is 9.18 Å². The number of nitrogens with zero attached hydrogens (tertiary/aromatic N) is 1. The molecule has 4 nitrogen and oxygen atoms in total. The number of carbonyl (C=O) groups excluding carboxylic acids is 1. The van der Waals surface area contributed by atoms with Crippen molar-refractivity contribution in [2.24, 2.45) is 0 Å². The maximum Gasteiger partial charge on any atom is 0.269 e. The fourth-order valence-electron chi connectivity index (χ4n) is 2.09. The number of hydrogen-bond acceptors (Lipinski definition) is 2. The molecule has 0 atom stereocenters. The van der Waals surface area contributed by atoms with E-state index in [1.165, 1.54) is 12.1 Å². The van der Waals surface area contributed by atoms with E-state index in [1.54, 1.807) is 18.2 Å². The lowest BCUT2D eigenvalue weighted by Gasteiger charge is -2.03. The number of H-pyrrole nitrogens is 1. The minimum Gasteiger partial charge on any atom is -0.347 e. The van der Waals surface area contributed by atoms with Gasteiger partial charge in [-0.05, 0) is 48.0 Å². The molecular weight excluding hydrogens is 361 g/mol. The Morgan fingerprint density at radius 2 is 1.83 bits per heavy atom. The first kappa shape index (κ1) is 15.4. The molecule has 0 saturated heterocycles. The van der Waals surface area contributed by atoms with Gasteiger partial charge in [0.05, 0.1) is 5.69 Å². The summed E-state index contributed by atoms with van der Waals surface area (Å²) >= 11 is 3.37. The molecule has 3 aromatic rings. The van der Waals surface area contributed by atoms with Gasteiger partial charge < -0.3 is 5.32 Å². The van der Waals surface area contributed by atoms with Gasteiger partial charge in [0, 0.05) is 16.6 Å². The number of halogens is 2. The minimum atomic E-state index is -0.309. The van der Waals surface area contributed by atoms with Crippen molar-refractivity contribution in [2.75, 3.05) is 0 Å². The zero-order chi connectivity index (χ0) is 16.2. The van der Waals surface area contributed by atoms with Gasteiger partial charge in [-0.2, -0.15) is 5.10 Å². The third-order valence-electron chi connectivity index (χ3n) is 3.33. The van der Waals surface area contributed by atoms with Gasteiger partial charge in [0.15, 0.2) is 0 Å². The molecule has 0 aliphatic heterocycles. The van der Waals surface area contributed by atoms with Gasteiger partial charge in [0.2, 0.25) is 0 Å². The number of amides is 1. The predicted octanol–water partition coefficient (Wildman–Crippen LogP) is 3.91. The highest BCUT2D eigenvalue weighted by Crippen LogP contribution is 2.18. The summed E-state index contributed by atoms with van der Waals surface area (Å²) in [6, 6.07) is 15.3. The molecule has 6 heteroatoms. The second-order valence-electron chi connectivity index (χ2n) is 4.98. The minimum absolute atomic E-state index is 0.242. The van der Waals surface area contributed by atoms with Crippen LogP contribution in [0.2, 0.25) is 0 Å². The molecule has 116 valence electrons. The Bertz CT molecular complexity index is 813. The Balaban J connectivity index is 1.66. The van der Waals surface area contributed by atoms with Crippen molar-refractivity contribution < 1.29 is 9.18 Å². The molecule has 0 bridgehead atoms. The Hall–Kier alpha value is -2.47. The van der Waals surface area contributed by atoms with Crippen molar-refractivity contribution in [2.45, 2.75) is 6.54 Å². The highest BCUT2D eigenvalue weighted by Gasteiger charge is 2.11. The van der Waals surface area contributed by atoms with Crippen LogP contribution in [0.1, 0.15) is 16.1 Å². The lowest BCUT2D eigenvalue weighted by Crippen LogP contribution is -2.23. The lowest BCUT2D eigenvalue weighted by molar-refractivity contribution is 0.0946. The number of benzene rings is 2. The van der Waals surface area contributed by atoms with Gasteiger partial charge in [-0.15, -0.1) is 0 Å². The zero-order valence-electron chi connectivity index (χ0n) is 12.0. The summed E-state index contributed by atoms with van der Waals surface area (Å²) in [5, 5.41) is 9.61. The van der Waals surface area contributed by atoms with E-state index in [2.05, 4.69) is 31.4 Å². The summed E-state index contributed by atoms with van der Waals surface area (Å²) in [4.78, 5) is 12.1. The predicted molar refractivity (Wildman–Crippen MR) is 89.3 cm³/mol. The highest BCUT2D eigenvalue weighted by atomic mass is 79.9. The highest BCUT2D eigenvalue weighted by molar-refractivity contribution is 9.10. The summed E-state index contributed by atoms with van der Waals surface area (Å²) in [6.07, 6.45) is 0. The molecule has 2 N–H and O–H groups in total. The molecule has 23 heavy (non-hydrogen) atoms. The quantitative estimate of drug-likeness (QED) is 0.728. The number of carbonyl (C=O) groups is 1. The topological polar surface area (TPSA) is 57.8 Å². The standard InChI is InChI=1S/C17H13BrFN3O/c18-13-5-1-11(2-6-13)10-20-17(23)16-9-15(21-22-16)12-3-7-14(19)8-4-12/h1-9H,10H2,(H,20,23)(H,21,22). The molecule has 0 saturated carbocycles. The fraction of sp³-hybridized carbons (Fsp3) is 0.0588. The van der Waals surface area contributed by atoms with E-state index >= 15 is 0 Å². The second kappa shape index (κ2) is 6.75. The maximum atomic E-state index is 12.9. The Kier molecular flexibility index (Phi) is 4.52. The summed E-state index contributed by atoms with van der Waals surface area (Å²) in [7, 11) is 0. The van der Waals surface area contributed by atoms with Crippen LogP contribution in [0.25, 0.3) is 11.3 Å². The van der Waals surface area contributed by atoms with Crippen LogP contribution in [0.3, 0.4) is 0 Å². The number of aromatic amines is 1. The van der Waals surface area contributed by atoms with Crippen molar-refractivity contribution in [3.05, 3.63) is 76.1 Å². The van der Waals surface area contributed by atoms with Gasteiger partial charge in [-0.25, -0.2) is 4.39 Å². The monoisotopic (exact) mass is 373 g/mol. The molecule has 0 aliphatic carbocycles. The average Bonchev–Trinajstić information content (AvgIpc) is 3.05. The first-order valence-electron chi connectivity index (χ1n) is 6.96. The number of hydrogen-bond donors (Lipinski definition) is 2. The normalized spacial score (nSPS) is 10.5. The molecule has 1 amide bonds. The Morgan fingerprint density at radius 1 is 1.13 bits per heavy atom. The van der Waals surface area contributed by atoms with Gasteiger partial charge >= 0.3 is 0 Å². The molecule has 0 fully saturated rings. The third kappa shape index (κ3) is 3.84. The summed E-state index contributed by atoms with van der Waals surface area (Å²) in [5.41, 5.74) is 2.70. The average molecular weight is 374 g/mol. The van der Waals surface area contributed by atoms with Crippen molar-refractivity contribution in [1.82, 2.24) is 15.5 Å². The van der Waals surface area contributed by atoms with E-state index in [1.807, 2.05) is 24.3 Å². The van der Waals surface area contributed by atoms with Crippen LogP contribution in [0.15, 0.2) is 59.1 Å². The van der Waals surface area contributed by atoms with Gasteiger partial charge in [-0.1, -0.05) is 28.1 Å². The van der Waals surface area contributed by atoms with Crippen LogP contribution in [0, 0.1) is 5.82 Å². The molecular formula is C17H13BrFN3O.